The smallest absolute Gasteiger partial charge is 0.410 e. The van der Waals surface area contributed by atoms with Crippen molar-refractivity contribution in [2.24, 2.45) is 5.92 Å². The van der Waals surface area contributed by atoms with E-state index in [1.807, 2.05) is 37.3 Å². The Hall–Kier alpha value is -1.55. The van der Waals surface area contributed by atoms with Gasteiger partial charge in [-0.2, -0.15) is 0 Å². The van der Waals surface area contributed by atoms with Crippen molar-refractivity contribution >= 4 is 6.09 Å². The summed E-state index contributed by atoms with van der Waals surface area (Å²) in [5.74, 6) is 0.175. The molecule has 1 aliphatic heterocycles. The van der Waals surface area contributed by atoms with Crippen molar-refractivity contribution in [1.29, 1.82) is 0 Å². The van der Waals surface area contributed by atoms with Crippen LogP contribution in [0.2, 0.25) is 0 Å². The van der Waals surface area contributed by atoms with E-state index in [4.69, 9.17) is 4.74 Å². The summed E-state index contributed by atoms with van der Waals surface area (Å²) in [6.45, 7) is 3.27. The van der Waals surface area contributed by atoms with Gasteiger partial charge in [0.2, 0.25) is 0 Å². The second-order valence-corrected chi connectivity index (χ2v) is 4.68. The van der Waals surface area contributed by atoms with Gasteiger partial charge in [-0.3, -0.25) is 0 Å². The van der Waals surface area contributed by atoms with Crippen LogP contribution >= 0.6 is 0 Å². The molecule has 1 amide bonds. The highest BCUT2D eigenvalue weighted by molar-refractivity contribution is 5.68. The number of β-amino-alcohol motifs (C(OH)–C–C–N with tert-alkyl or cyclic N) is 1. The van der Waals surface area contributed by atoms with E-state index in [9.17, 15) is 9.90 Å². The quantitative estimate of drug-likeness (QED) is 0.891. The van der Waals surface area contributed by atoms with E-state index in [0.29, 0.717) is 13.1 Å². The van der Waals surface area contributed by atoms with Gasteiger partial charge in [-0.25, -0.2) is 4.79 Å². The lowest BCUT2D eigenvalue weighted by atomic mass is 10.0. The van der Waals surface area contributed by atoms with Gasteiger partial charge in [0, 0.05) is 12.5 Å². The number of benzene rings is 1. The fraction of sp³-hybridized carbons (Fsp3) is 0.500. The molecule has 4 nitrogen and oxygen atoms in total. The lowest BCUT2D eigenvalue weighted by Crippen LogP contribution is -2.30. The van der Waals surface area contributed by atoms with E-state index in [0.717, 1.165) is 12.0 Å². The maximum Gasteiger partial charge on any atom is 0.410 e. The summed E-state index contributed by atoms with van der Waals surface area (Å²) in [4.78, 5) is 13.4. The van der Waals surface area contributed by atoms with Crippen LogP contribution in [-0.2, 0) is 11.3 Å². The summed E-state index contributed by atoms with van der Waals surface area (Å²) in [6, 6.07) is 9.59. The number of carbonyl (C=O) groups is 1. The Morgan fingerprint density at radius 2 is 2.11 bits per heavy atom. The predicted molar refractivity (Wildman–Crippen MR) is 68.0 cm³/mol. The molecule has 1 N–H and O–H groups in total. The van der Waals surface area contributed by atoms with Gasteiger partial charge >= 0.3 is 6.09 Å². The van der Waals surface area contributed by atoms with Gasteiger partial charge in [-0.1, -0.05) is 37.3 Å². The van der Waals surface area contributed by atoms with Crippen molar-refractivity contribution in [3.63, 3.8) is 0 Å². The topological polar surface area (TPSA) is 49.8 Å². The third-order valence-electron chi connectivity index (χ3n) is 3.39. The Balaban J connectivity index is 1.82. The maximum absolute atomic E-state index is 11.8. The molecule has 98 valence electrons. The predicted octanol–water partition coefficient (Wildman–Crippen LogP) is 2.03. The van der Waals surface area contributed by atoms with E-state index >= 15 is 0 Å². The van der Waals surface area contributed by atoms with Crippen LogP contribution in [0.1, 0.15) is 18.9 Å². The summed E-state index contributed by atoms with van der Waals surface area (Å²) in [5, 5.41) is 9.74. The van der Waals surface area contributed by atoms with Crippen molar-refractivity contribution in [1.82, 2.24) is 4.90 Å². The number of rotatable bonds is 3. The zero-order chi connectivity index (χ0) is 13.0. The number of aliphatic hydroxyl groups excluding tert-OH is 1. The molecule has 1 heterocycles. The molecule has 1 fully saturated rings. The van der Waals surface area contributed by atoms with E-state index in [-0.39, 0.29) is 18.6 Å². The molecule has 0 aliphatic carbocycles. The molecular weight excluding hydrogens is 230 g/mol. The highest BCUT2D eigenvalue weighted by Gasteiger charge is 2.33. The third kappa shape index (κ3) is 3.01. The molecule has 1 aromatic carbocycles. The van der Waals surface area contributed by atoms with E-state index in [1.165, 1.54) is 0 Å². The van der Waals surface area contributed by atoms with Gasteiger partial charge in [0.15, 0.2) is 0 Å². The van der Waals surface area contributed by atoms with Gasteiger partial charge in [0.1, 0.15) is 6.61 Å². The van der Waals surface area contributed by atoms with Crippen molar-refractivity contribution < 1.29 is 14.6 Å². The van der Waals surface area contributed by atoms with E-state index in [2.05, 4.69) is 0 Å². The highest BCUT2D eigenvalue weighted by Crippen LogP contribution is 2.20. The number of aliphatic hydroxyl groups is 1. The highest BCUT2D eigenvalue weighted by atomic mass is 16.6. The zero-order valence-corrected chi connectivity index (χ0v) is 10.6. The molecule has 2 rings (SSSR count). The first-order chi connectivity index (χ1) is 8.70. The third-order valence-corrected chi connectivity index (χ3v) is 3.39. The molecule has 1 aromatic rings. The Kier molecular flexibility index (Phi) is 4.20. The fourth-order valence-electron chi connectivity index (χ4n) is 2.22. The minimum Gasteiger partial charge on any atom is -0.445 e. The van der Waals surface area contributed by atoms with Crippen molar-refractivity contribution in [2.45, 2.75) is 26.1 Å². The minimum absolute atomic E-state index is 0.175. The standard InChI is InChI=1S/C14H19NO3/c1-2-12-8-15(9-13(12)16)14(17)18-10-11-6-4-3-5-7-11/h3-7,12-13,16H,2,8-10H2,1H3/t12-,13-/m1/s1. The molecule has 0 aromatic heterocycles. The van der Waals surface area contributed by atoms with Crippen LogP contribution in [0.25, 0.3) is 0 Å². The number of likely N-dealkylation sites (tertiary alicyclic amines) is 1. The molecule has 2 atom stereocenters. The summed E-state index contributed by atoms with van der Waals surface area (Å²) in [7, 11) is 0. The van der Waals surface area contributed by atoms with Crippen LogP contribution in [0.4, 0.5) is 4.79 Å². The lowest BCUT2D eigenvalue weighted by Gasteiger charge is -2.15. The average molecular weight is 249 g/mol. The van der Waals surface area contributed by atoms with Crippen LogP contribution in [0, 0.1) is 5.92 Å². The van der Waals surface area contributed by atoms with Crippen molar-refractivity contribution in [2.75, 3.05) is 13.1 Å². The Bertz CT molecular complexity index is 393. The van der Waals surface area contributed by atoms with Crippen LogP contribution in [0.5, 0.6) is 0 Å². The molecular formula is C14H19NO3. The normalized spacial score (nSPS) is 23.1. The zero-order valence-electron chi connectivity index (χ0n) is 10.6. The SMILES string of the molecule is CC[C@@H]1CN(C(=O)OCc2ccccc2)C[C@H]1O. The monoisotopic (exact) mass is 249 g/mol. The molecule has 0 spiro atoms. The Morgan fingerprint density at radius 3 is 2.72 bits per heavy atom. The number of ether oxygens (including phenoxy) is 1. The van der Waals surface area contributed by atoms with Crippen LogP contribution in [0.15, 0.2) is 30.3 Å². The summed E-state index contributed by atoms with van der Waals surface area (Å²) in [5.41, 5.74) is 0.970. The number of nitrogens with zero attached hydrogens (tertiary/aromatic N) is 1. The van der Waals surface area contributed by atoms with Crippen LogP contribution in [0.3, 0.4) is 0 Å². The number of hydrogen-bond donors (Lipinski definition) is 1. The molecule has 1 aliphatic rings. The van der Waals surface area contributed by atoms with E-state index in [1.54, 1.807) is 4.90 Å². The van der Waals surface area contributed by atoms with Gasteiger partial charge in [-0.05, 0) is 12.0 Å². The van der Waals surface area contributed by atoms with Crippen LogP contribution < -0.4 is 0 Å². The summed E-state index contributed by atoms with van der Waals surface area (Å²) >= 11 is 0. The number of carbonyl (C=O) groups excluding carboxylic acids is 1. The lowest BCUT2D eigenvalue weighted by molar-refractivity contribution is 0.0966. The first kappa shape index (κ1) is 12.9. The van der Waals surface area contributed by atoms with Crippen molar-refractivity contribution in [3.05, 3.63) is 35.9 Å². The Morgan fingerprint density at radius 1 is 1.39 bits per heavy atom. The first-order valence-electron chi connectivity index (χ1n) is 6.34. The second-order valence-electron chi connectivity index (χ2n) is 4.68. The van der Waals surface area contributed by atoms with Gasteiger partial charge < -0.3 is 14.7 Å². The molecule has 4 heteroatoms. The summed E-state index contributed by atoms with van der Waals surface area (Å²) in [6.07, 6.45) is 0.122. The molecule has 0 radical (unpaired) electrons. The second kappa shape index (κ2) is 5.87. The largest absolute Gasteiger partial charge is 0.445 e. The van der Waals surface area contributed by atoms with Crippen LogP contribution in [-0.4, -0.2) is 35.3 Å². The van der Waals surface area contributed by atoms with E-state index < -0.39 is 6.10 Å². The Labute approximate surface area is 107 Å². The number of amides is 1. The maximum atomic E-state index is 11.8. The number of hydrogen-bond acceptors (Lipinski definition) is 3. The molecule has 0 bridgehead atoms. The average Bonchev–Trinajstić information content (AvgIpc) is 2.78. The molecule has 1 saturated heterocycles. The molecule has 0 unspecified atom stereocenters. The molecule has 18 heavy (non-hydrogen) atoms. The molecule has 0 saturated carbocycles. The minimum atomic E-state index is -0.417. The summed E-state index contributed by atoms with van der Waals surface area (Å²) < 4.78 is 5.23. The van der Waals surface area contributed by atoms with Gasteiger partial charge in [0.25, 0.3) is 0 Å². The van der Waals surface area contributed by atoms with Gasteiger partial charge in [-0.15, -0.1) is 0 Å². The van der Waals surface area contributed by atoms with Crippen molar-refractivity contribution in [3.8, 4) is 0 Å². The fourth-order valence-corrected chi connectivity index (χ4v) is 2.22. The van der Waals surface area contributed by atoms with Gasteiger partial charge in [0.05, 0.1) is 12.6 Å². The first-order valence-corrected chi connectivity index (χ1v) is 6.34.